The van der Waals surface area contributed by atoms with Crippen LogP contribution in [0.15, 0.2) is 0 Å². The van der Waals surface area contributed by atoms with Crippen LogP contribution >= 0.6 is 11.8 Å². The number of carboxylic acid groups (broad SMARTS) is 1. The summed E-state index contributed by atoms with van der Waals surface area (Å²) in [6.45, 7) is 8.84. The zero-order valence-electron chi connectivity index (χ0n) is 11.4. The van der Waals surface area contributed by atoms with Crippen molar-refractivity contribution in [1.82, 2.24) is 10.2 Å². The largest absolute Gasteiger partial charge is 0.480 e. The molecule has 0 radical (unpaired) electrons. The van der Waals surface area contributed by atoms with Gasteiger partial charge in [-0.05, 0) is 5.41 Å². The Kier molecular flexibility index (Phi) is 4.90. The molecule has 1 aliphatic rings. The maximum atomic E-state index is 12.0. The van der Waals surface area contributed by atoms with Crippen LogP contribution in [0.1, 0.15) is 27.7 Å². The SMILES string of the molecule is CC1CN(C(=O)NC(C(=O)O)C(C)(C)C)CCS1. The van der Waals surface area contributed by atoms with Gasteiger partial charge >= 0.3 is 12.0 Å². The molecule has 0 aromatic heterocycles. The first-order chi connectivity index (χ1) is 8.21. The van der Waals surface area contributed by atoms with Gasteiger partial charge in [-0.2, -0.15) is 11.8 Å². The minimum absolute atomic E-state index is 0.274. The summed E-state index contributed by atoms with van der Waals surface area (Å²) >= 11 is 1.83. The number of carboxylic acids is 1. The number of nitrogens with one attached hydrogen (secondary N) is 1. The van der Waals surface area contributed by atoms with Gasteiger partial charge in [0.1, 0.15) is 6.04 Å². The van der Waals surface area contributed by atoms with E-state index in [0.29, 0.717) is 18.3 Å². The second kappa shape index (κ2) is 5.82. The molecule has 2 unspecified atom stereocenters. The summed E-state index contributed by atoms with van der Waals surface area (Å²) < 4.78 is 0. The highest BCUT2D eigenvalue weighted by Crippen LogP contribution is 2.21. The summed E-state index contributed by atoms with van der Waals surface area (Å²) in [7, 11) is 0. The number of nitrogens with zero attached hydrogens (tertiary/aromatic N) is 1. The maximum absolute atomic E-state index is 12.0. The van der Waals surface area contributed by atoms with Gasteiger partial charge in [0.25, 0.3) is 0 Å². The molecule has 1 saturated heterocycles. The average molecular weight is 274 g/mol. The van der Waals surface area contributed by atoms with Gasteiger partial charge in [0.05, 0.1) is 0 Å². The van der Waals surface area contributed by atoms with Crippen LogP contribution in [0.4, 0.5) is 4.79 Å². The van der Waals surface area contributed by atoms with E-state index in [1.807, 2.05) is 11.8 Å². The minimum atomic E-state index is -0.990. The molecule has 1 fully saturated rings. The van der Waals surface area contributed by atoms with Gasteiger partial charge < -0.3 is 15.3 Å². The van der Waals surface area contributed by atoms with Crippen molar-refractivity contribution in [2.24, 2.45) is 5.41 Å². The number of carbonyl (C=O) groups is 2. The second-order valence-corrected chi connectivity index (χ2v) is 7.26. The van der Waals surface area contributed by atoms with E-state index in [-0.39, 0.29) is 6.03 Å². The van der Waals surface area contributed by atoms with Crippen LogP contribution < -0.4 is 5.32 Å². The van der Waals surface area contributed by atoms with Crippen molar-refractivity contribution < 1.29 is 14.7 Å². The van der Waals surface area contributed by atoms with Crippen LogP contribution in [0.3, 0.4) is 0 Å². The van der Waals surface area contributed by atoms with Crippen molar-refractivity contribution in [2.75, 3.05) is 18.8 Å². The quantitative estimate of drug-likeness (QED) is 0.803. The molecular formula is C12H22N2O3S. The van der Waals surface area contributed by atoms with Gasteiger partial charge in [-0.15, -0.1) is 0 Å². The Morgan fingerprint density at radius 3 is 2.50 bits per heavy atom. The number of urea groups is 1. The highest BCUT2D eigenvalue weighted by Gasteiger charge is 2.34. The maximum Gasteiger partial charge on any atom is 0.326 e. The number of carbonyl (C=O) groups excluding carboxylic acids is 1. The van der Waals surface area contributed by atoms with Gasteiger partial charge in [-0.1, -0.05) is 27.7 Å². The summed E-state index contributed by atoms with van der Waals surface area (Å²) in [6.07, 6.45) is 0. The summed E-state index contributed by atoms with van der Waals surface area (Å²) in [5.41, 5.74) is -0.502. The fourth-order valence-corrected chi connectivity index (χ4v) is 2.88. The van der Waals surface area contributed by atoms with E-state index in [1.165, 1.54) is 0 Å². The van der Waals surface area contributed by atoms with Gasteiger partial charge in [0.2, 0.25) is 0 Å². The van der Waals surface area contributed by atoms with E-state index < -0.39 is 17.4 Å². The van der Waals surface area contributed by atoms with Crippen molar-refractivity contribution in [2.45, 2.75) is 39.0 Å². The Hall–Kier alpha value is -0.910. The molecule has 18 heavy (non-hydrogen) atoms. The third-order valence-electron chi connectivity index (χ3n) is 2.91. The molecule has 0 bridgehead atoms. The third kappa shape index (κ3) is 4.08. The van der Waals surface area contributed by atoms with E-state index in [2.05, 4.69) is 12.2 Å². The monoisotopic (exact) mass is 274 g/mol. The molecular weight excluding hydrogens is 252 g/mol. The Balaban J connectivity index is 2.64. The molecule has 1 aliphatic heterocycles. The lowest BCUT2D eigenvalue weighted by molar-refractivity contribution is -0.142. The fraction of sp³-hybridized carbons (Fsp3) is 0.833. The van der Waals surface area contributed by atoms with E-state index in [9.17, 15) is 14.7 Å². The molecule has 2 N–H and O–H groups in total. The van der Waals surface area contributed by atoms with E-state index >= 15 is 0 Å². The molecule has 1 rings (SSSR count). The molecule has 2 amide bonds. The summed E-state index contributed by atoms with van der Waals surface area (Å²) in [5, 5.41) is 12.2. The zero-order chi connectivity index (χ0) is 13.9. The van der Waals surface area contributed by atoms with Crippen LogP contribution in [0.25, 0.3) is 0 Å². The van der Waals surface area contributed by atoms with Gasteiger partial charge in [-0.25, -0.2) is 9.59 Å². The van der Waals surface area contributed by atoms with Crippen molar-refractivity contribution in [3.05, 3.63) is 0 Å². The summed E-state index contributed by atoms with van der Waals surface area (Å²) in [5.74, 6) is -0.0859. The lowest BCUT2D eigenvalue weighted by atomic mass is 9.87. The molecule has 0 aromatic rings. The second-order valence-electron chi connectivity index (χ2n) is 5.71. The van der Waals surface area contributed by atoms with E-state index in [1.54, 1.807) is 25.7 Å². The van der Waals surface area contributed by atoms with Gasteiger partial charge in [0.15, 0.2) is 0 Å². The molecule has 1 heterocycles. The van der Waals surface area contributed by atoms with Crippen molar-refractivity contribution in [3.8, 4) is 0 Å². The lowest BCUT2D eigenvalue weighted by Crippen LogP contribution is -2.55. The summed E-state index contributed by atoms with van der Waals surface area (Å²) in [6, 6.07) is -1.14. The van der Waals surface area contributed by atoms with Crippen LogP contribution in [-0.4, -0.2) is 52.1 Å². The smallest absolute Gasteiger partial charge is 0.326 e. The first-order valence-electron chi connectivity index (χ1n) is 6.11. The summed E-state index contributed by atoms with van der Waals surface area (Å²) in [4.78, 5) is 24.9. The van der Waals surface area contributed by atoms with Crippen LogP contribution in [0.5, 0.6) is 0 Å². The Labute approximate surface area is 112 Å². The number of amides is 2. The molecule has 0 spiro atoms. The molecule has 0 aromatic carbocycles. The standard InChI is InChI=1S/C12H22N2O3S/c1-8-7-14(5-6-18-8)11(17)13-9(10(15)16)12(2,3)4/h8-9H,5-7H2,1-4H3,(H,13,17)(H,15,16). The van der Waals surface area contributed by atoms with E-state index in [0.717, 1.165) is 5.75 Å². The predicted octanol–water partition coefficient (Wildman–Crippen LogP) is 1.63. The van der Waals surface area contributed by atoms with Crippen molar-refractivity contribution in [3.63, 3.8) is 0 Å². The minimum Gasteiger partial charge on any atom is -0.480 e. The Morgan fingerprint density at radius 1 is 1.44 bits per heavy atom. The third-order valence-corrected chi connectivity index (χ3v) is 4.05. The molecule has 0 aliphatic carbocycles. The van der Waals surface area contributed by atoms with Crippen LogP contribution in [0, 0.1) is 5.41 Å². The number of hydrogen-bond donors (Lipinski definition) is 2. The molecule has 104 valence electrons. The van der Waals surface area contributed by atoms with Crippen LogP contribution in [-0.2, 0) is 4.79 Å². The normalized spacial score (nSPS) is 22.4. The lowest BCUT2D eigenvalue weighted by Gasteiger charge is -2.34. The fourth-order valence-electron chi connectivity index (χ4n) is 1.87. The Morgan fingerprint density at radius 2 is 2.06 bits per heavy atom. The highest BCUT2D eigenvalue weighted by molar-refractivity contribution is 7.99. The van der Waals surface area contributed by atoms with Crippen LogP contribution in [0.2, 0.25) is 0 Å². The first kappa shape index (κ1) is 15.1. The van der Waals surface area contributed by atoms with Crippen molar-refractivity contribution >= 4 is 23.8 Å². The average Bonchev–Trinajstić information content (AvgIpc) is 2.23. The van der Waals surface area contributed by atoms with E-state index in [4.69, 9.17) is 0 Å². The predicted molar refractivity (Wildman–Crippen MR) is 72.9 cm³/mol. The first-order valence-corrected chi connectivity index (χ1v) is 7.16. The molecule has 5 nitrogen and oxygen atoms in total. The zero-order valence-corrected chi connectivity index (χ0v) is 12.2. The number of aliphatic carboxylic acids is 1. The highest BCUT2D eigenvalue weighted by atomic mass is 32.2. The number of thioether (sulfide) groups is 1. The van der Waals surface area contributed by atoms with Gasteiger partial charge in [0, 0.05) is 24.1 Å². The number of hydrogen-bond acceptors (Lipinski definition) is 3. The molecule has 2 atom stereocenters. The topological polar surface area (TPSA) is 69.6 Å². The van der Waals surface area contributed by atoms with Crippen molar-refractivity contribution in [1.29, 1.82) is 0 Å². The molecule has 0 saturated carbocycles. The number of rotatable bonds is 2. The Bertz CT molecular complexity index is 328. The van der Waals surface area contributed by atoms with Gasteiger partial charge in [-0.3, -0.25) is 0 Å². The molecule has 6 heteroatoms.